The molecule has 2 rings (SSSR count). The third-order valence-corrected chi connectivity index (χ3v) is 5.58. The van der Waals surface area contributed by atoms with Gasteiger partial charge in [0.15, 0.2) is 5.11 Å². The summed E-state index contributed by atoms with van der Waals surface area (Å²) < 4.78 is 0. The highest BCUT2D eigenvalue weighted by molar-refractivity contribution is 7.80. The first-order valence-corrected chi connectivity index (χ1v) is 11.2. The van der Waals surface area contributed by atoms with Crippen molar-refractivity contribution in [2.45, 2.75) is 45.6 Å². The second-order valence-corrected chi connectivity index (χ2v) is 8.19. The van der Waals surface area contributed by atoms with Crippen LogP contribution in [0.5, 0.6) is 0 Å². The molecule has 2 N–H and O–H groups in total. The van der Waals surface area contributed by atoms with E-state index in [0.717, 1.165) is 68.9 Å². The van der Waals surface area contributed by atoms with E-state index < -0.39 is 0 Å². The fourth-order valence-electron chi connectivity index (χ4n) is 3.34. The van der Waals surface area contributed by atoms with E-state index in [1.807, 2.05) is 12.1 Å². The summed E-state index contributed by atoms with van der Waals surface area (Å²) in [4.78, 5) is 5.08. The SMILES string of the molecule is CCCCCCNC(=S)NCCCN1CCN(Cc2ccc(Cl)cc2)CC1. The number of hydrogen-bond acceptors (Lipinski definition) is 3. The quantitative estimate of drug-likeness (QED) is 0.427. The zero-order chi connectivity index (χ0) is 19.3. The Labute approximate surface area is 175 Å². The van der Waals surface area contributed by atoms with Crippen LogP contribution in [0.15, 0.2) is 24.3 Å². The maximum absolute atomic E-state index is 5.96. The molecular weight excluding hydrogens is 376 g/mol. The summed E-state index contributed by atoms with van der Waals surface area (Å²) >= 11 is 11.3. The van der Waals surface area contributed by atoms with Crippen LogP contribution in [0.2, 0.25) is 5.02 Å². The van der Waals surface area contributed by atoms with E-state index in [-0.39, 0.29) is 0 Å². The molecule has 0 aromatic heterocycles. The number of benzene rings is 1. The molecule has 1 saturated heterocycles. The van der Waals surface area contributed by atoms with E-state index in [0.29, 0.717) is 0 Å². The molecule has 0 radical (unpaired) electrons. The van der Waals surface area contributed by atoms with Crippen molar-refractivity contribution < 1.29 is 0 Å². The van der Waals surface area contributed by atoms with Crippen LogP contribution in [-0.4, -0.2) is 60.7 Å². The Morgan fingerprint density at radius 2 is 1.56 bits per heavy atom. The van der Waals surface area contributed by atoms with Crippen LogP contribution in [0.1, 0.15) is 44.6 Å². The molecule has 0 aliphatic carbocycles. The highest BCUT2D eigenvalue weighted by atomic mass is 35.5. The first-order valence-electron chi connectivity index (χ1n) is 10.4. The monoisotopic (exact) mass is 410 g/mol. The van der Waals surface area contributed by atoms with Gasteiger partial charge in [0.2, 0.25) is 0 Å². The molecule has 152 valence electrons. The molecule has 1 aliphatic rings. The van der Waals surface area contributed by atoms with Crippen LogP contribution in [0.4, 0.5) is 0 Å². The molecule has 0 amide bonds. The Bertz CT molecular complexity index is 529. The second-order valence-electron chi connectivity index (χ2n) is 7.34. The summed E-state index contributed by atoms with van der Waals surface area (Å²) in [5.41, 5.74) is 1.34. The fraction of sp³-hybridized carbons (Fsp3) is 0.667. The number of rotatable bonds is 11. The Hall–Kier alpha value is -0.880. The maximum atomic E-state index is 5.96. The van der Waals surface area contributed by atoms with E-state index >= 15 is 0 Å². The third kappa shape index (κ3) is 9.74. The van der Waals surface area contributed by atoms with Crippen molar-refractivity contribution in [2.24, 2.45) is 0 Å². The van der Waals surface area contributed by atoms with Gasteiger partial charge in [0.25, 0.3) is 0 Å². The van der Waals surface area contributed by atoms with Gasteiger partial charge >= 0.3 is 0 Å². The van der Waals surface area contributed by atoms with Gasteiger partial charge in [-0.2, -0.15) is 0 Å². The van der Waals surface area contributed by atoms with Gasteiger partial charge in [-0.25, -0.2) is 0 Å². The minimum Gasteiger partial charge on any atom is -0.363 e. The lowest BCUT2D eigenvalue weighted by Gasteiger charge is -2.34. The molecule has 1 heterocycles. The highest BCUT2D eigenvalue weighted by Crippen LogP contribution is 2.13. The van der Waals surface area contributed by atoms with Crippen molar-refractivity contribution in [1.29, 1.82) is 0 Å². The molecule has 4 nitrogen and oxygen atoms in total. The van der Waals surface area contributed by atoms with E-state index in [1.54, 1.807) is 0 Å². The van der Waals surface area contributed by atoms with Crippen LogP contribution >= 0.6 is 23.8 Å². The van der Waals surface area contributed by atoms with Crippen molar-refractivity contribution in [3.05, 3.63) is 34.9 Å². The van der Waals surface area contributed by atoms with E-state index in [2.05, 4.69) is 39.5 Å². The van der Waals surface area contributed by atoms with Gasteiger partial charge in [-0.05, 0) is 49.3 Å². The lowest BCUT2D eigenvalue weighted by Crippen LogP contribution is -2.46. The molecule has 0 spiro atoms. The molecule has 0 bridgehead atoms. The third-order valence-electron chi connectivity index (χ3n) is 5.04. The molecule has 27 heavy (non-hydrogen) atoms. The summed E-state index contributed by atoms with van der Waals surface area (Å²) in [6.45, 7) is 10.9. The zero-order valence-electron chi connectivity index (χ0n) is 16.7. The largest absolute Gasteiger partial charge is 0.363 e. The number of thiocarbonyl (C=S) groups is 1. The second kappa shape index (κ2) is 13.3. The Morgan fingerprint density at radius 1 is 0.926 bits per heavy atom. The van der Waals surface area contributed by atoms with E-state index in [4.69, 9.17) is 23.8 Å². The van der Waals surface area contributed by atoms with Crippen molar-refractivity contribution in [2.75, 3.05) is 45.8 Å². The summed E-state index contributed by atoms with van der Waals surface area (Å²) in [6, 6.07) is 8.21. The molecule has 1 aromatic rings. The number of hydrogen-bond donors (Lipinski definition) is 2. The molecule has 0 atom stereocenters. The Morgan fingerprint density at radius 3 is 2.22 bits per heavy atom. The smallest absolute Gasteiger partial charge is 0.166 e. The normalized spacial score (nSPS) is 15.6. The molecule has 1 aromatic carbocycles. The number of unbranched alkanes of at least 4 members (excludes halogenated alkanes) is 3. The van der Waals surface area contributed by atoms with Gasteiger partial charge < -0.3 is 15.5 Å². The van der Waals surface area contributed by atoms with Crippen LogP contribution in [0.25, 0.3) is 0 Å². The highest BCUT2D eigenvalue weighted by Gasteiger charge is 2.16. The van der Waals surface area contributed by atoms with E-state index in [9.17, 15) is 0 Å². The van der Waals surface area contributed by atoms with Crippen LogP contribution in [0, 0.1) is 0 Å². The minimum absolute atomic E-state index is 0.805. The van der Waals surface area contributed by atoms with Crippen molar-refractivity contribution in [3.63, 3.8) is 0 Å². The van der Waals surface area contributed by atoms with Crippen LogP contribution in [-0.2, 0) is 6.54 Å². The summed E-state index contributed by atoms with van der Waals surface area (Å²) in [5.74, 6) is 0. The van der Waals surface area contributed by atoms with Crippen LogP contribution < -0.4 is 10.6 Å². The molecule has 6 heteroatoms. The van der Waals surface area contributed by atoms with Gasteiger partial charge in [-0.1, -0.05) is 49.9 Å². The molecule has 1 fully saturated rings. The summed E-state index contributed by atoms with van der Waals surface area (Å²) in [7, 11) is 0. The van der Waals surface area contributed by atoms with Gasteiger partial charge in [-0.15, -0.1) is 0 Å². The maximum Gasteiger partial charge on any atom is 0.166 e. The zero-order valence-corrected chi connectivity index (χ0v) is 18.3. The number of piperazine rings is 1. The van der Waals surface area contributed by atoms with Crippen molar-refractivity contribution in [1.82, 2.24) is 20.4 Å². The van der Waals surface area contributed by atoms with Gasteiger partial charge in [0.05, 0.1) is 0 Å². The lowest BCUT2D eigenvalue weighted by atomic mass is 10.2. The predicted molar refractivity (Wildman–Crippen MR) is 121 cm³/mol. The van der Waals surface area contributed by atoms with Gasteiger partial charge in [-0.3, -0.25) is 4.90 Å². The van der Waals surface area contributed by atoms with E-state index in [1.165, 1.54) is 31.2 Å². The van der Waals surface area contributed by atoms with Crippen molar-refractivity contribution >= 4 is 28.9 Å². The molecular formula is C21H35ClN4S. The first kappa shape index (κ1) is 22.4. The average molecular weight is 411 g/mol. The van der Waals surface area contributed by atoms with Crippen molar-refractivity contribution in [3.8, 4) is 0 Å². The van der Waals surface area contributed by atoms with Crippen LogP contribution in [0.3, 0.4) is 0 Å². The van der Waals surface area contributed by atoms with Gasteiger partial charge in [0, 0.05) is 50.8 Å². The topological polar surface area (TPSA) is 30.5 Å². The summed E-state index contributed by atoms with van der Waals surface area (Å²) in [5, 5.41) is 8.25. The lowest BCUT2D eigenvalue weighted by molar-refractivity contribution is 0.126. The standard InChI is InChI=1S/C21H35ClN4S/c1-2-3-4-5-11-23-21(27)24-12-6-13-25-14-16-26(17-15-25)18-19-7-9-20(22)10-8-19/h7-10H,2-6,11-18H2,1H3,(H2,23,24,27). The Balaban J connectivity index is 1.48. The molecule has 0 saturated carbocycles. The average Bonchev–Trinajstić information content (AvgIpc) is 2.68. The fourth-order valence-corrected chi connectivity index (χ4v) is 3.67. The first-order chi connectivity index (χ1) is 13.2. The number of nitrogens with one attached hydrogen (secondary N) is 2. The minimum atomic E-state index is 0.805. The summed E-state index contributed by atoms with van der Waals surface area (Å²) in [6.07, 6.45) is 6.22. The molecule has 0 unspecified atom stereocenters. The van der Waals surface area contributed by atoms with Gasteiger partial charge in [0.1, 0.15) is 0 Å². The molecule has 1 aliphatic heterocycles. The number of nitrogens with zero attached hydrogens (tertiary/aromatic N) is 2. The Kier molecular flexibility index (Phi) is 11.1. The predicted octanol–water partition coefficient (Wildman–Crippen LogP) is 3.89. The number of halogens is 1.